The lowest BCUT2D eigenvalue weighted by molar-refractivity contribution is -0.354. The number of hydrogen-bond acceptors (Lipinski definition) is 2. The molecule has 0 unspecified atom stereocenters. The summed E-state index contributed by atoms with van der Waals surface area (Å²) in [6, 6.07) is 15.9. The minimum Gasteiger partial charge on any atom is -0.618 e. The van der Waals surface area contributed by atoms with Gasteiger partial charge in [-0.15, -0.1) is 12.3 Å². The zero-order valence-electron chi connectivity index (χ0n) is 11.5. The second-order valence-electron chi connectivity index (χ2n) is 4.50. The molecule has 0 fully saturated rings. The second-order valence-corrected chi connectivity index (χ2v) is 4.50. The molecule has 0 atom stereocenters. The number of nitrogens with zero attached hydrogens (tertiary/aromatic N) is 1. The van der Waals surface area contributed by atoms with Crippen LogP contribution >= 0.6 is 0 Å². The maximum absolute atomic E-state index is 12.1. The van der Waals surface area contributed by atoms with Crippen LogP contribution in [0.1, 0.15) is 28.8 Å². The number of carbonyl (C=O) groups is 1. The number of terminal acetylenes is 1. The molecule has 0 bridgehead atoms. The number of para-hydroxylation sites is 1. The number of carbonyl (C=O) groups excluding carboxylic acids is 1. The van der Waals surface area contributed by atoms with Crippen LogP contribution in [0.3, 0.4) is 0 Å². The molecule has 3 nitrogen and oxygen atoms in total. The van der Waals surface area contributed by atoms with Crippen molar-refractivity contribution in [1.29, 1.82) is 0 Å². The first-order valence-electron chi connectivity index (χ1n) is 6.64. The molecule has 0 aliphatic rings. The lowest BCUT2D eigenvalue weighted by Gasteiger charge is -2.06. The molecule has 0 spiro atoms. The van der Waals surface area contributed by atoms with Crippen molar-refractivity contribution in [3.8, 4) is 12.3 Å². The Labute approximate surface area is 124 Å². The molecule has 0 aliphatic heterocycles. The molecule has 0 heterocycles. The molecule has 0 amide bonds. The minimum absolute atomic E-state index is 0.0544. The van der Waals surface area contributed by atoms with Crippen LogP contribution in [0.2, 0.25) is 0 Å². The van der Waals surface area contributed by atoms with E-state index in [-0.39, 0.29) is 12.2 Å². The summed E-state index contributed by atoms with van der Waals surface area (Å²) in [6.07, 6.45) is 7.28. The van der Waals surface area contributed by atoms with E-state index in [2.05, 4.69) is 5.92 Å². The molecule has 0 N–H and O–H groups in total. The molecule has 2 aromatic rings. The van der Waals surface area contributed by atoms with Gasteiger partial charge in [0, 0.05) is 30.5 Å². The van der Waals surface area contributed by atoms with Crippen LogP contribution in [0.25, 0.3) is 0 Å². The smallest absolute Gasteiger partial charge is 0.216 e. The number of ketones is 1. The quantitative estimate of drug-likeness (QED) is 0.209. The van der Waals surface area contributed by atoms with Gasteiger partial charge in [-0.1, -0.05) is 36.4 Å². The van der Waals surface area contributed by atoms with E-state index >= 15 is 0 Å². The highest BCUT2D eigenvalue weighted by Crippen LogP contribution is 2.13. The highest BCUT2D eigenvalue weighted by Gasteiger charge is 2.11. The molecule has 2 aromatic carbocycles. The first kappa shape index (κ1) is 14.5. The van der Waals surface area contributed by atoms with E-state index in [0.29, 0.717) is 23.2 Å². The van der Waals surface area contributed by atoms with Crippen molar-refractivity contribution in [3.63, 3.8) is 0 Å². The standard InChI is InChI=1S/C18H15NO2/c1-2-3-13-18(20)17-12-8-7-9-15(17)14-19(21)16-10-5-4-6-11-16/h1,4-12,14H,3,13H2/b19-14-. The zero-order valence-corrected chi connectivity index (χ0v) is 11.5. The highest BCUT2D eigenvalue weighted by molar-refractivity contribution is 6.03. The lowest BCUT2D eigenvalue weighted by Crippen LogP contribution is -2.06. The predicted octanol–water partition coefficient (Wildman–Crippen LogP) is 3.54. The van der Waals surface area contributed by atoms with E-state index < -0.39 is 0 Å². The third-order valence-electron chi connectivity index (χ3n) is 3.02. The fraction of sp³-hybridized carbons (Fsp3) is 0.111. The Bertz CT molecular complexity index is 697. The van der Waals surface area contributed by atoms with Crippen LogP contribution in [-0.2, 0) is 0 Å². The van der Waals surface area contributed by atoms with Crippen LogP contribution in [0.15, 0.2) is 54.6 Å². The molecular formula is C18H15NO2. The summed E-state index contributed by atoms with van der Waals surface area (Å²) < 4.78 is 0.757. The number of rotatable bonds is 5. The van der Waals surface area contributed by atoms with E-state index in [1.54, 1.807) is 48.5 Å². The average molecular weight is 277 g/mol. The van der Waals surface area contributed by atoms with Gasteiger partial charge in [-0.05, 0) is 6.07 Å². The van der Waals surface area contributed by atoms with Crippen LogP contribution in [0.5, 0.6) is 0 Å². The molecule has 104 valence electrons. The summed E-state index contributed by atoms with van der Waals surface area (Å²) in [5.74, 6) is 2.40. The van der Waals surface area contributed by atoms with Crippen molar-refractivity contribution in [2.24, 2.45) is 0 Å². The Hall–Kier alpha value is -2.86. The van der Waals surface area contributed by atoms with Crippen molar-refractivity contribution in [1.82, 2.24) is 0 Å². The van der Waals surface area contributed by atoms with Gasteiger partial charge < -0.3 is 5.21 Å². The van der Waals surface area contributed by atoms with Crippen molar-refractivity contribution >= 4 is 17.7 Å². The molecule has 2 rings (SSSR count). The zero-order chi connectivity index (χ0) is 15.1. The van der Waals surface area contributed by atoms with Crippen molar-refractivity contribution in [3.05, 3.63) is 70.9 Å². The van der Waals surface area contributed by atoms with Gasteiger partial charge in [0.15, 0.2) is 12.0 Å². The maximum atomic E-state index is 12.1. The van der Waals surface area contributed by atoms with E-state index in [4.69, 9.17) is 6.42 Å². The minimum atomic E-state index is -0.0544. The number of hydrogen-bond donors (Lipinski definition) is 0. The van der Waals surface area contributed by atoms with Crippen molar-refractivity contribution in [2.75, 3.05) is 0 Å². The summed E-state index contributed by atoms with van der Waals surface area (Å²) in [6.45, 7) is 0. The van der Waals surface area contributed by atoms with Crippen LogP contribution in [0.4, 0.5) is 5.69 Å². The van der Waals surface area contributed by atoms with Crippen LogP contribution < -0.4 is 0 Å². The summed E-state index contributed by atoms with van der Waals surface area (Å²) in [4.78, 5) is 12.1. The van der Waals surface area contributed by atoms with Crippen molar-refractivity contribution < 1.29 is 9.53 Å². The van der Waals surface area contributed by atoms with Gasteiger partial charge in [-0.25, -0.2) is 0 Å². The fourth-order valence-corrected chi connectivity index (χ4v) is 1.96. The summed E-state index contributed by atoms with van der Waals surface area (Å²) >= 11 is 0. The lowest BCUT2D eigenvalue weighted by atomic mass is 10.0. The third-order valence-corrected chi connectivity index (χ3v) is 3.02. The normalized spacial score (nSPS) is 10.9. The summed E-state index contributed by atoms with van der Waals surface area (Å²) in [7, 11) is 0. The largest absolute Gasteiger partial charge is 0.618 e. The van der Waals surface area contributed by atoms with Gasteiger partial charge in [0.25, 0.3) is 0 Å². The molecule has 3 heteroatoms. The molecule has 0 saturated heterocycles. The fourth-order valence-electron chi connectivity index (χ4n) is 1.96. The SMILES string of the molecule is C#CCCC(=O)c1ccccc1/C=[N+](\[O-])c1ccccc1. The Kier molecular flexibility index (Phi) is 4.89. The number of Topliss-reactive ketones (excluding diaryl/α,β-unsaturated/α-hetero) is 1. The Morgan fingerprint density at radius 2 is 1.81 bits per heavy atom. The summed E-state index contributed by atoms with van der Waals surface area (Å²) in [5, 5.41) is 12.1. The Morgan fingerprint density at radius 1 is 1.14 bits per heavy atom. The van der Waals surface area contributed by atoms with E-state index in [1.807, 2.05) is 6.07 Å². The van der Waals surface area contributed by atoms with Crippen LogP contribution in [0, 0.1) is 17.6 Å². The van der Waals surface area contributed by atoms with Gasteiger partial charge in [0.05, 0.1) is 5.56 Å². The first-order valence-corrected chi connectivity index (χ1v) is 6.64. The van der Waals surface area contributed by atoms with Crippen LogP contribution in [-0.4, -0.2) is 16.7 Å². The second kappa shape index (κ2) is 7.06. The van der Waals surface area contributed by atoms with Gasteiger partial charge in [0.1, 0.15) is 0 Å². The van der Waals surface area contributed by atoms with E-state index in [0.717, 1.165) is 4.74 Å². The van der Waals surface area contributed by atoms with Gasteiger partial charge in [0.2, 0.25) is 5.69 Å². The van der Waals surface area contributed by atoms with E-state index in [1.165, 1.54) is 6.21 Å². The maximum Gasteiger partial charge on any atom is 0.216 e. The average Bonchev–Trinajstić information content (AvgIpc) is 2.54. The summed E-state index contributed by atoms with van der Waals surface area (Å²) in [5.41, 5.74) is 1.63. The monoisotopic (exact) mass is 277 g/mol. The number of benzene rings is 2. The Balaban J connectivity index is 2.33. The third kappa shape index (κ3) is 3.80. The first-order chi connectivity index (χ1) is 10.2. The van der Waals surface area contributed by atoms with Crippen molar-refractivity contribution in [2.45, 2.75) is 12.8 Å². The molecule has 0 radical (unpaired) electrons. The molecule has 21 heavy (non-hydrogen) atoms. The molecule has 0 aliphatic carbocycles. The van der Waals surface area contributed by atoms with Gasteiger partial charge in [-0.2, -0.15) is 4.74 Å². The highest BCUT2D eigenvalue weighted by atomic mass is 16.5. The topological polar surface area (TPSA) is 43.1 Å². The molecular weight excluding hydrogens is 262 g/mol. The molecule has 0 aromatic heterocycles. The van der Waals surface area contributed by atoms with Gasteiger partial charge in [-0.3, -0.25) is 4.79 Å². The van der Waals surface area contributed by atoms with Gasteiger partial charge >= 0.3 is 0 Å². The van der Waals surface area contributed by atoms with E-state index in [9.17, 15) is 10.0 Å². The molecule has 0 saturated carbocycles. The Morgan fingerprint density at radius 3 is 2.52 bits per heavy atom. The predicted molar refractivity (Wildman–Crippen MR) is 83.7 cm³/mol.